The number of rotatable bonds is 7. The van der Waals surface area contributed by atoms with Crippen molar-refractivity contribution in [3.05, 3.63) is 52.9 Å². The summed E-state index contributed by atoms with van der Waals surface area (Å²) in [6, 6.07) is 6.39. The summed E-state index contributed by atoms with van der Waals surface area (Å²) in [6.45, 7) is 7.17. The maximum Gasteiger partial charge on any atom is 0.306 e. The molecule has 0 unspecified atom stereocenters. The van der Waals surface area contributed by atoms with Gasteiger partial charge in [-0.25, -0.2) is 13.5 Å². The van der Waals surface area contributed by atoms with E-state index < -0.39 is 51.2 Å². The third kappa shape index (κ3) is 4.15. The quantitative estimate of drug-likeness (QED) is 0.274. The first-order valence-corrected chi connectivity index (χ1v) is 16.6. The summed E-state index contributed by atoms with van der Waals surface area (Å²) in [7, 11) is 0. The highest BCUT2D eigenvalue weighted by Crippen LogP contribution is 2.71. The number of aromatic nitrogens is 2. The van der Waals surface area contributed by atoms with Gasteiger partial charge in [0.1, 0.15) is 11.7 Å². The number of benzene rings is 1. The van der Waals surface area contributed by atoms with Crippen molar-refractivity contribution in [1.29, 1.82) is 0 Å². The Balaban J connectivity index is 1.38. The number of hydrogen-bond donors (Lipinski definition) is 1. The molecule has 0 radical (unpaired) electrons. The van der Waals surface area contributed by atoms with Crippen molar-refractivity contribution in [3.63, 3.8) is 0 Å². The molecule has 44 heavy (non-hydrogen) atoms. The lowest BCUT2D eigenvalue weighted by atomic mass is 9.44. The topological polar surface area (TPSA) is 98.5 Å². The van der Waals surface area contributed by atoms with Crippen LogP contribution in [0.2, 0.25) is 0 Å². The van der Waals surface area contributed by atoms with Gasteiger partial charge in [-0.05, 0) is 80.0 Å². The molecule has 1 aromatic heterocycles. The molecule has 3 saturated carbocycles. The molecule has 0 spiro atoms. The predicted octanol–water partition coefficient (Wildman–Crippen LogP) is 6.59. The van der Waals surface area contributed by atoms with Gasteiger partial charge in [-0.3, -0.25) is 14.4 Å². The summed E-state index contributed by atoms with van der Waals surface area (Å²) in [5.41, 5.74) is -1.72. The number of ether oxygens (including phenoxy) is 1. The van der Waals surface area contributed by atoms with Gasteiger partial charge in [0.05, 0.1) is 23.7 Å². The number of fused-ring (bicyclic) bond motifs is 6. The largest absolute Gasteiger partial charge is 0.449 e. The van der Waals surface area contributed by atoms with Gasteiger partial charge in [-0.2, -0.15) is 5.10 Å². The third-order valence-electron chi connectivity index (χ3n) is 11.5. The third-order valence-corrected chi connectivity index (χ3v) is 12.2. The van der Waals surface area contributed by atoms with Crippen LogP contribution in [-0.4, -0.2) is 55.1 Å². The number of hydrogen-bond acceptors (Lipinski definition) is 7. The average Bonchev–Trinajstić information content (AvgIpc) is 3.54. The standard InChI is InChI=1S/C34H40F2N2O5S/c1-5-27(39)20-8-7-9-23(14-20)38-26-15-22-10-11-25-24-12-13-33(30(42)44-19-35,43-29(41)6-2)32(24,4)17-28(40)34(25,36)31(22,3)16-21(26)18-37-38/h7-9,14-15,18,24-25,28,40H,5-6,10-13,16-17,19H2,1-4H3/t24-,25-,28-,31-,32-,33-,34-/m0/s1. The number of aliphatic hydroxyl groups excluding tert-OH is 1. The van der Waals surface area contributed by atoms with Crippen LogP contribution in [0.1, 0.15) is 94.3 Å². The average molecular weight is 627 g/mol. The van der Waals surface area contributed by atoms with Gasteiger partial charge in [0.25, 0.3) is 0 Å². The van der Waals surface area contributed by atoms with E-state index >= 15 is 4.39 Å². The van der Waals surface area contributed by atoms with Crippen LogP contribution < -0.4 is 0 Å². The molecule has 3 fully saturated rings. The monoisotopic (exact) mass is 626 g/mol. The molecule has 6 rings (SSSR count). The van der Waals surface area contributed by atoms with E-state index in [1.165, 1.54) is 0 Å². The van der Waals surface area contributed by atoms with Crippen LogP contribution in [0, 0.1) is 22.7 Å². The molecule has 7 nitrogen and oxygen atoms in total. The Kier molecular flexibility index (Phi) is 7.71. The van der Waals surface area contributed by atoms with Gasteiger partial charge in [0, 0.05) is 35.2 Å². The molecule has 10 heteroatoms. The van der Waals surface area contributed by atoms with E-state index in [1.807, 2.05) is 45.0 Å². The zero-order chi connectivity index (χ0) is 31.7. The molecular formula is C34H40F2N2O5S. The van der Waals surface area contributed by atoms with Crippen LogP contribution >= 0.6 is 11.8 Å². The molecule has 0 amide bonds. The van der Waals surface area contributed by atoms with Crippen molar-refractivity contribution in [2.24, 2.45) is 22.7 Å². The molecule has 1 N–H and O–H groups in total. The maximum absolute atomic E-state index is 18.1. The minimum Gasteiger partial charge on any atom is -0.449 e. The highest BCUT2D eigenvalue weighted by Gasteiger charge is 2.76. The number of thioether (sulfide) groups is 1. The highest BCUT2D eigenvalue weighted by molar-refractivity contribution is 8.13. The van der Waals surface area contributed by atoms with Crippen molar-refractivity contribution in [2.45, 2.75) is 96.4 Å². The molecule has 0 bridgehead atoms. The normalized spacial score (nSPS) is 35.5. The number of ketones is 1. The van der Waals surface area contributed by atoms with E-state index in [9.17, 15) is 23.9 Å². The van der Waals surface area contributed by atoms with E-state index in [-0.39, 0.29) is 31.0 Å². The molecule has 1 heterocycles. The number of nitrogens with zero attached hydrogens (tertiary/aromatic N) is 2. The fraction of sp³-hybridized carbons (Fsp3) is 0.588. The Hall–Kier alpha value is -2.85. The Morgan fingerprint density at radius 3 is 2.64 bits per heavy atom. The number of allylic oxidation sites excluding steroid dienone is 1. The first-order chi connectivity index (χ1) is 20.9. The second kappa shape index (κ2) is 10.9. The Morgan fingerprint density at radius 2 is 1.93 bits per heavy atom. The number of Topliss-reactive ketones (excluding diaryl/α,β-unsaturated/α-hetero) is 1. The second-order valence-electron chi connectivity index (χ2n) is 13.4. The lowest BCUT2D eigenvalue weighted by Crippen LogP contribution is -2.70. The number of carbonyl (C=O) groups excluding carboxylic acids is 3. The Morgan fingerprint density at radius 1 is 1.16 bits per heavy atom. The predicted molar refractivity (Wildman–Crippen MR) is 164 cm³/mol. The van der Waals surface area contributed by atoms with Gasteiger partial charge in [0.15, 0.2) is 11.4 Å². The zero-order valence-electron chi connectivity index (χ0n) is 25.7. The van der Waals surface area contributed by atoms with Crippen molar-refractivity contribution in [3.8, 4) is 5.69 Å². The summed E-state index contributed by atoms with van der Waals surface area (Å²) >= 11 is 0.482. The fourth-order valence-electron chi connectivity index (χ4n) is 9.24. The first-order valence-electron chi connectivity index (χ1n) is 15.6. The molecule has 236 valence electrons. The summed E-state index contributed by atoms with van der Waals surface area (Å²) < 4.78 is 39.2. The molecule has 1 aromatic carbocycles. The second-order valence-corrected chi connectivity index (χ2v) is 14.2. The smallest absolute Gasteiger partial charge is 0.306 e. The summed E-state index contributed by atoms with van der Waals surface area (Å²) in [5, 5.41) is 15.9. The number of aliphatic hydroxyl groups is 1. The molecule has 0 aliphatic heterocycles. The number of carbonyl (C=O) groups is 3. The van der Waals surface area contributed by atoms with Gasteiger partial charge in [-0.1, -0.05) is 45.4 Å². The summed E-state index contributed by atoms with van der Waals surface area (Å²) in [5.74, 6) is -1.45. The van der Waals surface area contributed by atoms with Crippen molar-refractivity contribution < 1.29 is 33.0 Å². The summed E-state index contributed by atoms with van der Waals surface area (Å²) in [4.78, 5) is 38.5. The van der Waals surface area contributed by atoms with Gasteiger partial charge >= 0.3 is 5.97 Å². The molecule has 7 atom stereocenters. The zero-order valence-corrected chi connectivity index (χ0v) is 26.5. The molecule has 4 aliphatic carbocycles. The highest BCUT2D eigenvalue weighted by atomic mass is 32.2. The van der Waals surface area contributed by atoms with Crippen LogP contribution in [0.4, 0.5) is 8.78 Å². The van der Waals surface area contributed by atoms with Gasteiger partial charge in [0.2, 0.25) is 5.12 Å². The number of esters is 1. The molecule has 2 aromatic rings. The molecule has 0 saturated heterocycles. The van der Waals surface area contributed by atoms with E-state index in [0.29, 0.717) is 49.4 Å². The summed E-state index contributed by atoms with van der Waals surface area (Å²) in [6.07, 6.45) is 4.70. The van der Waals surface area contributed by atoms with Gasteiger partial charge < -0.3 is 9.84 Å². The fourth-order valence-corrected chi connectivity index (χ4v) is 9.95. The first kappa shape index (κ1) is 31.1. The van der Waals surface area contributed by atoms with Crippen molar-refractivity contribution in [1.82, 2.24) is 9.78 Å². The van der Waals surface area contributed by atoms with E-state index in [2.05, 4.69) is 5.10 Å². The van der Waals surface area contributed by atoms with Crippen LogP contribution in [0.25, 0.3) is 11.8 Å². The lowest BCUT2D eigenvalue weighted by molar-refractivity contribution is -0.228. The SMILES string of the molecule is CCC(=O)O[C@]1(C(=O)SCF)CC[C@H]2[C@@H]3CCC4=Cc5c(cnn5-c5cccc(C(=O)CC)c5)C[C@]4(C)[C@@]3(F)[C@@H](O)C[C@@]21C. The molecular weight excluding hydrogens is 586 g/mol. The maximum atomic E-state index is 18.1. The van der Waals surface area contributed by atoms with E-state index in [0.717, 1.165) is 22.5 Å². The Bertz CT molecular complexity index is 1560. The minimum atomic E-state index is -2.00. The lowest BCUT2D eigenvalue weighted by Gasteiger charge is -2.63. The van der Waals surface area contributed by atoms with Crippen molar-refractivity contribution in [2.75, 3.05) is 6.01 Å². The van der Waals surface area contributed by atoms with Crippen LogP contribution in [0.3, 0.4) is 0 Å². The Labute approximate surface area is 260 Å². The van der Waals surface area contributed by atoms with E-state index in [4.69, 9.17) is 4.74 Å². The van der Waals surface area contributed by atoms with E-state index in [1.54, 1.807) is 23.9 Å². The van der Waals surface area contributed by atoms with Crippen LogP contribution in [-0.2, 0) is 20.7 Å². The van der Waals surface area contributed by atoms with Crippen LogP contribution in [0.5, 0.6) is 0 Å². The van der Waals surface area contributed by atoms with Crippen molar-refractivity contribution >= 4 is 34.7 Å². The number of halogens is 2. The number of alkyl halides is 2. The van der Waals surface area contributed by atoms with Gasteiger partial charge in [-0.15, -0.1) is 0 Å². The minimum absolute atomic E-state index is 0.0418. The van der Waals surface area contributed by atoms with Crippen LogP contribution in [0.15, 0.2) is 36.0 Å². The molecule has 4 aliphatic rings.